The molecule has 0 saturated carbocycles. The molecule has 8 heteroatoms. The summed E-state index contributed by atoms with van der Waals surface area (Å²) in [5.74, 6) is 1.80. The molecule has 0 unspecified atom stereocenters. The van der Waals surface area contributed by atoms with E-state index in [9.17, 15) is 4.79 Å². The molecule has 0 atom stereocenters. The largest absolute Gasteiger partial charge is 0.494 e. The lowest BCUT2D eigenvalue weighted by Gasteiger charge is -2.13. The number of halogens is 1. The van der Waals surface area contributed by atoms with Crippen molar-refractivity contribution in [2.75, 3.05) is 26.2 Å². The molecular weight excluding hydrogens is 495 g/mol. The Bertz CT molecular complexity index is 820. The maximum absolute atomic E-state index is 12.0. The summed E-state index contributed by atoms with van der Waals surface area (Å²) >= 11 is 0. The van der Waals surface area contributed by atoms with Crippen LogP contribution in [0.25, 0.3) is 0 Å². The average molecular weight is 528 g/mol. The van der Waals surface area contributed by atoms with Crippen LogP contribution in [0.5, 0.6) is 5.75 Å². The Kier molecular flexibility index (Phi) is 12.0. The van der Waals surface area contributed by atoms with Gasteiger partial charge in [0, 0.05) is 30.8 Å². The number of nitrogens with zero attached hydrogens (tertiary/aromatic N) is 1. The highest BCUT2D eigenvalue weighted by Crippen LogP contribution is 2.21. The number of rotatable bonds is 10. The van der Waals surface area contributed by atoms with Crippen LogP contribution in [0.4, 0.5) is 0 Å². The van der Waals surface area contributed by atoms with Crippen LogP contribution in [-0.4, -0.2) is 38.1 Å². The summed E-state index contributed by atoms with van der Waals surface area (Å²) in [4.78, 5) is 16.7. The number of carbonyl (C=O) groups is 1. The number of amides is 1. The number of hydrogen-bond acceptors (Lipinski definition) is 4. The fraction of sp³-hybridized carbons (Fsp3) is 0.455. The van der Waals surface area contributed by atoms with Crippen LogP contribution in [0, 0.1) is 13.8 Å². The molecule has 0 aliphatic rings. The van der Waals surface area contributed by atoms with Gasteiger partial charge >= 0.3 is 0 Å². The highest BCUT2D eigenvalue weighted by Gasteiger charge is 2.11. The van der Waals surface area contributed by atoms with Gasteiger partial charge in [-0.3, -0.25) is 4.79 Å². The monoisotopic (exact) mass is 528 g/mol. The normalized spacial score (nSPS) is 10.9. The quantitative estimate of drug-likeness (QED) is 0.189. The van der Waals surface area contributed by atoms with Crippen LogP contribution in [0.2, 0.25) is 0 Å². The molecular formula is C22H33IN4O3. The highest BCUT2D eigenvalue weighted by molar-refractivity contribution is 14.0. The molecule has 2 rings (SSSR count). The molecule has 1 amide bonds. The summed E-state index contributed by atoms with van der Waals surface area (Å²) in [5, 5.41) is 9.40. The number of furan rings is 1. The third-order valence-electron chi connectivity index (χ3n) is 4.27. The minimum absolute atomic E-state index is 0. The second kappa shape index (κ2) is 13.9. The number of nitrogens with one attached hydrogen (secondary N) is 3. The Morgan fingerprint density at radius 3 is 2.53 bits per heavy atom. The molecule has 0 saturated heterocycles. The van der Waals surface area contributed by atoms with Gasteiger partial charge in [0.15, 0.2) is 11.7 Å². The molecule has 0 bridgehead atoms. The van der Waals surface area contributed by atoms with Gasteiger partial charge in [-0.1, -0.05) is 12.1 Å². The molecule has 0 spiro atoms. The molecule has 3 N–H and O–H groups in total. The van der Waals surface area contributed by atoms with E-state index in [0.717, 1.165) is 41.4 Å². The smallest absolute Gasteiger partial charge is 0.287 e. The van der Waals surface area contributed by atoms with Gasteiger partial charge in [0.05, 0.1) is 19.4 Å². The van der Waals surface area contributed by atoms with Gasteiger partial charge in [-0.2, -0.15) is 0 Å². The van der Waals surface area contributed by atoms with Gasteiger partial charge in [-0.05, 0) is 51.8 Å². The van der Waals surface area contributed by atoms with E-state index < -0.39 is 0 Å². The maximum atomic E-state index is 12.0. The molecule has 7 nitrogen and oxygen atoms in total. The number of ether oxygens (including phenoxy) is 1. The fourth-order valence-electron chi connectivity index (χ4n) is 2.77. The Hall–Kier alpha value is -2.23. The second-order valence-corrected chi connectivity index (χ2v) is 6.71. The van der Waals surface area contributed by atoms with Crippen molar-refractivity contribution in [3.63, 3.8) is 0 Å². The number of hydrogen-bond donors (Lipinski definition) is 3. The topological polar surface area (TPSA) is 87.9 Å². The van der Waals surface area contributed by atoms with Gasteiger partial charge < -0.3 is 25.1 Å². The van der Waals surface area contributed by atoms with E-state index in [-0.39, 0.29) is 29.9 Å². The van der Waals surface area contributed by atoms with Crippen LogP contribution in [0.3, 0.4) is 0 Å². The number of guanidine groups is 1. The maximum Gasteiger partial charge on any atom is 0.287 e. The van der Waals surface area contributed by atoms with E-state index in [4.69, 9.17) is 9.15 Å². The van der Waals surface area contributed by atoms with Gasteiger partial charge in [0.25, 0.3) is 5.91 Å². The number of aryl methyl sites for hydroxylation is 2. The molecule has 2 aromatic rings. The van der Waals surface area contributed by atoms with E-state index in [1.807, 2.05) is 33.8 Å². The zero-order chi connectivity index (χ0) is 21.1. The Labute approximate surface area is 196 Å². The van der Waals surface area contributed by atoms with E-state index in [1.54, 1.807) is 6.07 Å². The SMILES string of the molecule is CCNC(=NCc1ccc(C)cc1OCC)NCCCNC(=O)c1occc1C.I. The number of carbonyl (C=O) groups excluding carboxylic acids is 1. The molecule has 1 aromatic heterocycles. The molecule has 0 aliphatic carbocycles. The van der Waals surface area contributed by atoms with E-state index in [0.29, 0.717) is 32.0 Å². The van der Waals surface area contributed by atoms with Crippen LogP contribution in [-0.2, 0) is 6.54 Å². The molecule has 30 heavy (non-hydrogen) atoms. The lowest BCUT2D eigenvalue weighted by molar-refractivity contribution is 0.0925. The number of aliphatic imine (C=N–C) groups is 1. The first-order valence-corrected chi connectivity index (χ1v) is 10.1. The van der Waals surface area contributed by atoms with Gasteiger partial charge in [-0.25, -0.2) is 4.99 Å². The van der Waals surface area contributed by atoms with Crippen molar-refractivity contribution in [3.05, 3.63) is 53.0 Å². The Balaban J connectivity index is 0.00000450. The van der Waals surface area contributed by atoms with Gasteiger partial charge in [0.2, 0.25) is 0 Å². The summed E-state index contributed by atoms with van der Waals surface area (Å²) in [6, 6.07) is 7.94. The van der Waals surface area contributed by atoms with Crippen LogP contribution in [0.15, 0.2) is 39.9 Å². The summed E-state index contributed by atoms with van der Waals surface area (Å²) in [5.41, 5.74) is 3.05. The average Bonchev–Trinajstić information content (AvgIpc) is 3.13. The van der Waals surface area contributed by atoms with E-state index in [2.05, 4.69) is 33.1 Å². The Morgan fingerprint density at radius 2 is 1.87 bits per heavy atom. The highest BCUT2D eigenvalue weighted by atomic mass is 127. The predicted molar refractivity (Wildman–Crippen MR) is 131 cm³/mol. The lowest BCUT2D eigenvalue weighted by atomic mass is 10.1. The third kappa shape index (κ3) is 8.25. The minimum atomic E-state index is -0.184. The molecule has 0 fully saturated rings. The fourth-order valence-corrected chi connectivity index (χ4v) is 2.77. The number of benzene rings is 1. The summed E-state index contributed by atoms with van der Waals surface area (Å²) in [7, 11) is 0. The standard InChI is InChI=1S/C22H32N4O3.HI/c1-5-23-22(26-15-18-9-8-16(3)14-19(18)28-6-2)25-12-7-11-24-21(27)20-17(4)10-13-29-20;/h8-10,13-14H,5-7,11-12,15H2,1-4H3,(H,24,27)(H2,23,25,26);1H. The second-order valence-electron chi connectivity index (χ2n) is 6.71. The minimum Gasteiger partial charge on any atom is -0.494 e. The van der Waals surface area contributed by atoms with Crippen molar-refractivity contribution >= 4 is 35.8 Å². The van der Waals surface area contributed by atoms with Gasteiger partial charge in [0.1, 0.15) is 5.75 Å². The summed E-state index contributed by atoms with van der Waals surface area (Å²) in [6.07, 6.45) is 2.29. The van der Waals surface area contributed by atoms with Crippen molar-refractivity contribution in [2.45, 2.75) is 40.7 Å². The lowest BCUT2D eigenvalue weighted by Crippen LogP contribution is -2.38. The molecule has 1 aromatic carbocycles. The first kappa shape index (κ1) is 25.8. The Morgan fingerprint density at radius 1 is 1.10 bits per heavy atom. The van der Waals surface area contributed by atoms with E-state index in [1.165, 1.54) is 6.26 Å². The third-order valence-corrected chi connectivity index (χ3v) is 4.27. The van der Waals surface area contributed by atoms with Crippen LogP contribution in [0.1, 0.15) is 47.5 Å². The molecule has 166 valence electrons. The summed E-state index contributed by atoms with van der Waals surface area (Å²) in [6.45, 7) is 11.1. The van der Waals surface area contributed by atoms with Crippen molar-refractivity contribution in [1.82, 2.24) is 16.0 Å². The van der Waals surface area contributed by atoms with Crippen molar-refractivity contribution in [1.29, 1.82) is 0 Å². The first-order chi connectivity index (χ1) is 14.0. The molecule has 0 radical (unpaired) electrons. The van der Waals surface area contributed by atoms with Crippen molar-refractivity contribution < 1.29 is 13.9 Å². The first-order valence-electron chi connectivity index (χ1n) is 10.1. The van der Waals surface area contributed by atoms with Crippen LogP contribution >= 0.6 is 24.0 Å². The van der Waals surface area contributed by atoms with Gasteiger partial charge in [-0.15, -0.1) is 24.0 Å². The zero-order valence-corrected chi connectivity index (χ0v) is 20.5. The van der Waals surface area contributed by atoms with E-state index >= 15 is 0 Å². The van der Waals surface area contributed by atoms with Crippen LogP contribution < -0.4 is 20.7 Å². The summed E-state index contributed by atoms with van der Waals surface area (Å²) < 4.78 is 10.9. The zero-order valence-electron chi connectivity index (χ0n) is 18.2. The van der Waals surface area contributed by atoms with Crippen molar-refractivity contribution in [3.8, 4) is 5.75 Å². The predicted octanol–water partition coefficient (Wildman–Crippen LogP) is 3.79. The molecule has 0 aliphatic heterocycles. The molecule has 1 heterocycles. The van der Waals surface area contributed by atoms with Crippen molar-refractivity contribution in [2.24, 2.45) is 4.99 Å².